The zero-order valence-corrected chi connectivity index (χ0v) is 18.2. The van der Waals surface area contributed by atoms with Crippen LogP contribution in [0.15, 0.2) is 71.8 Å². The third-order valence-electron chi connectivity index (χ3n) is 4.74. The summed E-state index contributed by atoms with van der Waals surface area (Å²) in [5.41, 5.74) is 2.13. The molecule has 1 aliphatic rings. The van der Waals surface area contributed by atoms with Crippen LogP contribution in [0.3, 0.4) is 0 Å². The molecule has 0 unspecified atom stereocenters. The molecule has 0 radical (unpaired) electrons. The fourth-order valence-electron chi connectivity index (χ4n) is 3.05. The number of imide groups is 1. The van der Waals surface area contributed by atoms with Gasteiger partial charge in [-0.05, 0) is 48.4 Å². The van der Waals surface area contributed by atoms with E-state index in [4.69, 9.17) is 27.9 Å². The van der Waals surface area contributed by atoms with Gasteiger partial charge in [-0.1, -0.05) is 47.5 Å². The van der Waals surface area contributed by atoms with E-state index < -0.39 is 11.8 Å². The summed E-state index contributed by atoms with van der Waals surface area (Å²) in [6.07, 6.45) is 3.10. The van der Waals surface area contributed by atoms with Crippen LogP contribution in [0.5, 0.6) is 5.75 Å². The normalized spacial score (nSPS) is 15.3. The van der Waals surface area contributed by atoms with Gasteiger partial charge in [-0.2, -0.15) is 5.26 Å². The second kappa shape index (κ2) is 9.65. The number of hydrogen-bond donors (Lipinski definition) is 0. The Balaban J connectivity index is 1.82. The topological polar surface area (TPSA) is 70.4 Å². The predicted octanol–water partition coefficient (Wildman–Crippen LogP) is 5.35. The van der Waals surface area contributed by atoms with Gasteiger partial charge in [0.15, 0.2) is 0 Å². The third-order valence-corrected chi connectivity index (χ3v) is 5.32. The molecular weight excluding hydrogens is 435 g/mol. The standard InChI is InChI=1S/C24H18Cl2N2O3/c1-3-10-28-23(29)20(15(2)21(13-27)24(28)30)11-16-4-8-19(9-5-16)31-14-17-6-7-18(25)12-22(17)26/h3-9,11-12H,1,10,14H2,2H3/b20-11+. The van der Waals surface area contributed by atoms with Gasteiger partial charge in [0, 0.05) is 27.7 Å². The number of nitrogens with zero attached hydrogens (tertiary/aromatic N) is 2. The van der Waals surface area contributed by atoms with E-state index in [2.05, 4.69) is 6.58 Å². The van der Waals surface area contributed by atoms with Crippen LogP contribution in [-0.4, -0.2) is 23.3 Å². The number of carbonyl (C=O) groups excluding carboxylic acids is 2. The summed E-state index contributed by atoms with van der Waals surface area (Å²) in [7, 11) is 0. The SMILES string of the molecule is C=CCN1C(=O)C(C#N)=C(C)/C(=C\c2ccc(OCc3ccc(Cl)cc3Cl)cc2)C1=O. The lowest BCUT2D eigenvalue weighted by Gasteiger charge is -2.26. The van der Waals surface area contributed by atoms with Crippen LogP contribution in [-0.2, 0) is 16.2 Å². The lowest BCUT2D eigenvalue weighted by molar-refractivity contribution is -0.139. The lowest BCUT2D eigenvalue weighted by atomic mass is 9.93. The largest absolute Gasteiger partial charge is 0.489 e. The van der Waals surface area contributed by atoms with E-state index in [1.54, 1.807) is 55.5 Å². The smallest absolute Gasteiger partial charge is 0.271 e. The molecule has 0 aromatic heterocycles. The molecule has 3 rings (SSSR count). The molecule has 31 heavy (non-hydrogen) atoms. The molecule has 0 aliphatic carbocycles. The van der Waals surface area contributed by atoms with E-state index in [1.165, 1.54) is 6.08 Å². The van der Waals surface area contributed by atoms with Crippen LogP contribution < -0.4 is 4.74 Å². The molecule has 0 N–H and O–H groups in total. The zero-order valence-electron chi connectivity index (χ0n) is 16.7. The first-order valence-electron chi connectivity index (χ1n) is 9.32. The van der Waals surface area contributed by atoms with Crippen LogP contribution >= 0.6 is 23.2 Å². The maximum Gasteiger partial charge on any atom is 0.271 e. The van der Waals surface area contributed by atoms with E-state index in [1.807, 2.05) is 6.07 Å². The van der Waals surface area contributed by atoms with Crippen molar-refractivity contribution in [3.63, 3.8) is 0 Å². The first-order chi connectivity index (χ1) is 14.8. The monoisotopic (exact) mass is 452 g/mol. The average Bonchev–Trinajstić information content (AvgIpc) is 2.75. The quantitative estimate of drug-likeness (QED) is 0.336. The Kier molecular flexibility index (Phi) is 6.96. The summed E-state index contributed by atoms with van der Waals surface area (Å²) in [6, 6.07) is 14.2. The number of hydrogen-bond acceptors (Lipinski definition) is 4. The minimum atomic E-state index is -0.605. The fraction of sp³-hybridized carbons (Fsp3) is 0.125. The van der Waals surface area contributed by atoms with Gasteiger partial charge in [0.2, 0.25) is 0 Å². The molecule has 1 heterocycles. The van der Waals surface area contributed by atoms with Crippen molar-refractivity contribution in [1.82, 2.24) is 4.90 Å². The molecule has 0 saturated heterocycles. The van der Waals surface area contributed by atoms with Crippen molar-refractivity contribution in [3.05, 3.63) is 93.0 Å². The predicted molar refractivity (Wildman–Crippen MR) is 120 cm³/mol. The molecule has 1 aliphatic heterocycles. The molecule has 7 heteroatoms. The Morgan fingerprint density at radius 3 is 2.45 bits per heavy atom. The van der Waals surface area contributed by atoms with Crippen molar-refractivity contribution in [2.45, 2.75) is 13.5 Å². The maximum absolute atomic E-state index is 12.8. The maximum atomic E-state index is 12.8. The van der Waals surface area contributed by atoms with Crippen LogP contribution in [0.4, 0.5) is 0 Å². The van der Waals surface area contributed by atoms with E-state index in [9.17, 15) is 14.9 Å². The zero-order chi connectivity index (χ0) is 22.5. The summed E-state index contributed by atoms with van der Waals surface area (Å²) < 4.78 is 5.77. The summed E-state index contributed by atoms with van der Waals surface area (Å²) >= 11 is 12.1. The van der Waals surface area contributed by atoms with Crippen molar-refractivity contribution in [1.29, 1.82) is 5.26 Å². The highest BCUT2D eigenvalue weighted by atomic mass is 35.5. The van der Waals surface area contributed by atoms with Gasteiger partial charge >= 0.3 is 0 Å². The Labute approximate surface area is 190 Å². The van der Waals surface area contributed by atoms with E-state index >= 15 is 0 Å². The molecule has 2 aromatic carbocycles. The highest BCUT2D eigenvalue weighted by Gasteiger charge is 2.34. The van der Waals surface area contributed by atoms with E-state index in [-0.39, 0.29) is 18.7 Å². The third kappa shape index (κ3) is 4.88. The number of ether oxygens (including phenoxy) is 1. The Hall–Kier alpha value is -3.33. The molecule has 2 aromatic rings. The number of amides is 2. The summed E-state index contributed by atoms with van der Waals surface area (Å²) in [4.78, 5) is 26.2. The molecular formula is C24H18Cl2N2O3. The molecule has 0 spiro atoms. The number of nitriles is 1. The Morgan fingerprint density at radius 2 is 1.84 bits per heavy atom. The second-order valence-corrected chi connectivity index (χ2v) is 7.62. The van der Waals surface area contributed by atoms with Gasteiger partial charge in [-0.15, -0.1) is 6.58 Å². The van der Waals surface area contributed by atoms with Crippen molar-refractivity contribution in [3.8, 4) is 11.8 Å². The van der Waals surface area contributed by atoms with Gasteiger partial charge in [-0.3, -0.25) is 14.5 Å². The summed E-state index contributed by atoms with van der Waals surface area (Å²) in [6.45, 7) is 5.48. The molecule has 156 valence electrons. The van der Waals surface area contributed by atoms with E-state index in [0.717, 1.165) is 16.0 Å². The van der Waals surface area contributed by atoms with Gasteiger partial charge in [0.05, 0.1) is 0 Å². The number of halogens is 2. The Bertz CT molecular complexity index is 1160. The molecule has 0 fully saturated rings. The van der Waals surface area contributed by atoms with Crippen LogP contribution in [0.2, 0.25) is 10.0 Å². The van der Waals surface area contributed by atoms with Crippen LogP contribution in [0, 0.1) is 11.3 Å². The number of rotatable bonds is 6. The summed E-state index contributed by atoms with van der Waals surface area (Å²) in [5, 5.41) is 10.4. The highest BCUT2D eigenvalue weighted by molar-refractivity contribution is 6.35. The van der Waals surface area contributed by atoms with E-state index in [0.29, 0.717) is 26.9 Å². The molecule has 0 saturated carbocycles. The number of benzene rings is 2. The average molecular weight is 453 g/mol. The molecule has 2 amide bonds. The molecule has 0 atom stereocenters. The van der Waals surface area contributed by atoms with Gasteiger partial charge in [0.1, 0.15) is 24.0 Å². The van der Waals surface area contributed by atoms with Crippen LogP contribution in [0.25, 0.3) is 6.08 Å². The number of carbonyl (C=O) groups is 2. The van der Waals surface area contributed by atoms with Crippen LogP contribution in [0.1, 0.15) is 18.1 Å². The first kappa shape index (κ1) is 22.4. The highest BCUT2D eigenvalue weighted by Crippen LogP contribution is 2.28. The summed E-state index contributed by atoms with van der Waals surface area (Å²) in [5.74, 6) is -0.442. The van der Waals surface area contributed by atoms with Crippen molar-refractivity contribution in [2.24, 2.45) is 0 Å². The fourth-order valence-corrected chi connectivity index (χ4v) is 3.51. The second-order valence-electron chi connectivity index (χ2n) is 6.77. The van der Waals surface area contributed by atoms with Gasteiger partial charge in [0.25, 0.3) is 11.8 Å². The van der Waals surface area contributed by atoms with Crippen molar-refractivity contribution >= 4 is 41.1 Å². The van der Waals surface area contributed by atoms with Gasteiger partial charge < -0.3 is 4.74 Å². The lowest BCUT2D eigenvalue weighted by Crippen LogP contribution is -2.42. The van der Waals surface area contributed by atoms with Gasteiger partial charge in [-0.25, -0.2) is 0 Å². The van der Waals surface area contributed by atoms with Crippen molar-refractivity contribution < 1.29 is 14.3 Å². The minimum absolute atomic E-state index is 0.0352. The molecule has 0 bridgehead atoms. The minimum Gasteiger partial charge on any atom is -0.489 e. The Morgan fingerprint density at radius 1 is 1.13 bits per heavy atom. The first-order valence-corrected chi connectivity index (χ1v) is 10.1. The van der Waals surface area contributed by atoms with Crippen molar-refractivity contribution in [2.75, 3.05) is 6.54 Å². The molecule has 5 nitrogen and oxygen atoms in total.